The van der Waals surface area contributed by atoms with Crippen molar-refractivity contribution in [3.05, 3.63) is 59.9 Å². The van der Waals surface area contributed by atoms with E-state index in [9.17, 15) is 4.79 Å². The van der Waals surface area contributed by atoms with Gasteiger partial charge in [-0.3, -0.25) is 9.48 Å². The Kier molecular flexibility index (Phi) is 5.03. The molecule has 0 aliphatic rings. The van der Waals surface area contributed by atoms with Crippen molar-refractivity contribution in [1.82, 2.24) is 14.7 Å². The van der Waals surface area contributed by atoms with Gasteiger partial charge in [-0.25, -0.2) is 0 Å². The number of rotatable bonds is 6. The second kappa shape index (κ2) is 7.38. The molecule has 0 spiro atoms. The van der Waals surface area contributed by atoms with Gasteiger partial charge in [-0.1, -0.05) is 37.3 Å². The third kappa shape index (κ3) is 3.65. The molecule has 1 heterocycles. The molecule has 0 aliphatic heterocycles. The van der Waals surface area contributed by atoms with Crippen molar-refractivity contribution in [3.63, 3.8) is 0 Å². The van der Waals surface area contributed by atoms with Crippen molar-refractivity contribution in [2.24, 2.45) is 7.05 Å². The lowest BCUT2D eigenvalue weighted by Crippen LogP contribution is -2.26. The van der Waals surface area contributed by atoms with E-state index in [4.69, 9.17) is 4.74 Å². The van der Waals surface area contributed by atoms with Gasteiger partial charge in [-0.15, -0.1) is 0 Å². The molecule has 3 rings (SSSR count). The van der Waals surface area contributed by atoms with Gasteiger partial charge >= 0.3 is 0 Å². The lowest BCUT2D eigenvalue weighted by molar-refractivity contribution is 0.0784. The van der Waals surface area contributed by atoms with Crippen LogP contribution in [0.5, 0.6) is 5.75 Å². The van der Waals surface area contributed by atoms with E-state index in [1.54, 1.807) is 36.1 Å². The molecule has 0 atom stereocenters. The van der Waals surface area contributed by atoms with Crippen LogP contribution in [-0.4, -0.2) is 34.2 Å². The van der Waals surface area contributed by atoms with Gasteiger partial charge < -0.3 is 9.64 Å². The Balaban J connectivity index is 1.94. The Morgan fingerprint density at radius 3 is 2.76 bits per heavy atom. The second-order valence-corrected chi connectivity index (χ2v) is 6.18. The van der Waals surface area contributed by atoms with Gasteiger partial charge in [0.2, 0.25) is 0 Å². The number of hydrogen-bond donors (Lipinski definition) is 0. The average Bonchev–Trinajstić information content (AvgIpc) is 3.06. The molecule has 25 heavy (non-hydrogen) atoms. The molecule has 2 aromatic carbocycles. The first kappa shape index (κ1) is 17.0. The van der Waals surface area contributed by atoms with Crippen LogP contribution >= 0.6 is 0 Å². The Morgan fingerprint density at radius 1 is 1.24 bits per heavy atom. The normalized spacial score (nSPS) is 10.8. The number of amides is 1. The topological polar surface area (TPSA) is 47.4 Å². The van der Waals surface area contributed by atoms with Crippen molar-refractivity contribution < 1.29 is 9.53 Å². The SMILES string of the molecule is CCCOc1ccc2ccccc2c1CN(C)C(=O)c1cnn(C)c1. The average molecular weight is 337 g/mol. The zero-order chi connectivity index (χ0) is 17.8. The summed E-state index contributed by atoms with van der Waals surface area (Å²) < 4.78 is 7.56. The van der Waals surface area contributed by atoms with Gasteiger partial charge in [0.05, 0.1) is 18.4 Å². The highest BCUT2D eigenvalue weighted by Gasteiger charge is 2.17. The summed E-state index contributed by atoms with van der Waals surface area (Å²) in [6, 6.07) is 12.2. The van der Waals surface area contributed by atoms with Gasteiger partial charge in [-0.05, 0) is 23.3 Å². The summed E-state index contributed by atoms with van der Waals surface area (Å²) in [4.78, 5) is 14.4. The van der Waals surface area contributed by atoms with Gasteiger partial charge in [0.25, 0.3) is 5.91 Å². The van der Waals surface area contributed by atoms with Crippen LogP contribution in [0.1, 0.15) is 29.3 Å². The fraction of sp³-hybridized carbons (Fsp3) is 0.300. The lowest BCUT2D eigenvalue weighted by atomic mass is 10.0. The molecule has 0 aliphatic carbocycles. The molecular formula is C20H23N3O2. The van der Waals surface area contributed by atoms with Crippen LogP contribution in [0.4, 0.5) is 0 Å². The van der Waals surface area contributed by atoms with Crippen LogP contribution in [0, 0.1) is 0 Å². The molecule has 0 unspecified atom stereocenters. The van der Waals surface area contributed by atoms with E-state index in [1.807, 2.05) is 18.2 Å². The quantitative estimate of drug-likeness (QED) is 0.690. The molecule has 0 N–H and O–H groups in total. The Bertz CT molecular complexity index is 886. The van der Waals surface area contributed by atoms with Gasteiger partial charge in [-0.2, -0.15) is 5.10 Å². The third-order valence-electron chi connectivity index (χ3n) is 4.15. The van der Waals surface area contributed by atoms with E-state index in [-0.39, 0.29) is 5.91 Å². The molecule has 0 bridgehead atoms. The van der Waals surface area contributed by atoms with E-state index >= 15 is 0 Å². The summed E-state index contributed by atoms with van der Waals surface area (Å²) >= 11 is 0. The molecule has 0 radical (unpaired) electrons. The van der Waals surface area contributed by atoms with Crippen molar-refractivity contribution in [1.29, 1.82) is 0 Å². The Morgan fingerprint density at radius 2 is 2.04 bits per heavy atom. The number of benzene rings is 2. The maximum atomic E-state index is 12.7. The van der Waals surface area contributed by atoms with E-state index < -0.39 is 0 Å². The van der Waals surface area contributed by atoms with Crippen LogP contribution in [-0.2, 0) is 13.6 Å². The Hall–Kier alpha value is -2.82. The summed E-state index contributed by atoms with van der Waals surface area (Å²) in [5.74, 6) is 0.786. The van der Waals surface area contributed by atoms with Gasteiger partial charge in [0, 0.05) is 32.4 Å². The number of carbonyl (C=O) groups excluding carboxylic acids is 1. The number of nitrogens with zero attached hydrogens (tertiary/aromatic N) is 3. The molecule has 3 aromatic rings. The molecule has 0 saturated heterocycles. The summed E-state index contributed by atoms with van der Waals surface area (Å²) in [7, 11) is 3.61. The minimum atomic E-state index is -0.0533. The molecule has 0 saturated carbocycles. The number of fused-ring (bicyclic) bond motifs is 1. The number of carbonyl (C=O) groups is 1. The van der Waals surface area contributed by atoms with Gasteiger partial charge in [0.15, 0.2) is 0 Å². The zero-order valence-electron chi connectivity index (χ0n) is 14.9. The molecule has 5 heteroatoms. The fourth-order valence-electron chi connectivity index (χ4n) is 2.89. The van der Waals surface area contributed by atoms with Crippen molar-refractivity contribution in [2.45, 2.75) is 19.9 Å². The molecule has 1 amide bonds. The maximum Gasteiger partial charge on any atom is 0.257 e. The maximum absolute atomic E-state index is 12.7. The van der Waals surface area contributed by atoms with Gasteiger partial charge in [0.1, 0.15) is 5.75 Å². The molecule has 5 nitrogen and oxygen atoms in total. The van der Waals surface area contributed by atoms with Crippen LogP contribution in [0.25, 0.3) is 10.8 Å². The summed E-state index contributed by atoms with van der Waals surface area (Å²) in [6.07, 6.45) is 4.27. The highest BCUT2D eigenvalue weighted by Crippen LogP contribution is 2.29. The van der Waals surface area contributed by atoms with Crippen molar-refractivity contribution in [3.8, 4) is 5.75 Å². The summed E-state index contributed by atoms with van der Waals surface area (Å²) in [5.41, 5.74) is 1.62. The Labute approximate surface area is 147 Å². The molecule has 0 fully saturated rings. The van der Waals surface area contributed by atoms with E-state index in [1.165, 1.54) is 0 Å². The summed E-state index contributed by atoms with van der Waals surface area (Å²) in [6.45, 7) is 3.22. The van der Waals surface area contributed by atoms with Crippen molar-refractivity contribution in [2.75, 3.05) is 13.7 Å². The number of aryl methyl sites for hydroxylation is 1. The minimum absolute atomic E-state index is 0.0533. The largest absolute Gasteiger partial charge is 0.493 e. The number of ether oxygens (including phenoxy) is 1. The van der Waals surface area contributed by atoms with Crippen LogP contribution in [0.2, 0.25) is 0 Å². The monoisotopic (exact) mass is 337 g/mol. The standard InChI is InChI=1S/C20H23N3O2/c1-4-11-25-19-10-9-15-7-5-6-8-17(15)18(19)14-22(2)20(24)16-12-21-23(3)13-16/h5-10,12-13H,4,11,14H2,1-3H3. The highest BCUT2D eigenvalue weighted by molar-refractivity contribution is 5.94. The first-order valence-corrected chi connectivity index (χ1v) is 8.47. The van der Waals surface area contributed by atoms with Crippen LogP contribution < -0.4 is 4.74 Å². The molecule has 130 valence electrons. The van der Waals surface area contributed by atoms with Crippen LogP contribution in [0.3, 0.4) is 0 Å². The first-order chi connectivity index (χ1) is 12.1. The van der Waals surface area contributed by atoms with E-state index in [2.05, 4.69) is 30.2 Å². The van der Waals surface area contributed by atoms with Crippen molar-refractivity contribution >= 4 is 16.7 Å². The molecular weight excluding hydrogens is 314 g/mol. The lowest BCUT2D eigenvalue weighted by Gasteiger charge is -2.20. The smallest absolute Gasteiger partial charge is 0.257 e. The van der Waals surface area contributed by atoms with E-state index in [0.29, 0.717) is 18.7 Å². The fourth-order valence-corrected chi connectivity index (χ4v) is 2.89. The third-order valence-corrected chi connectivity index (χ3v) is 4.15. The minimum Gasteiger partial charge on any atom is -0.493 e. The summed E-state index contributed by atoms with van der Waals surface area (Å²) in [5, 5.41) is 6.33. The van der Waals surface area contributed by atoms with Crippen LogP contribution in [0.15, 0.2) is 48.8 Å². The predicted octanol–water partition coefficient (Wildman–Crippen LogP) is 3.63. The number of hydrogen-bond acceptors (Lipinski definition) is 3. The predicted molar refractivity (Wildman–Crippen MR) is 98.7 cm³/mol. The highest BCUT2D eigenvalue weighted by atomic mass is 16.5. The van der Waals surface area contributed by atoms with E-state index in [0.717, 1.165) is 28.5 Å². The number of aromatic nitrogens is 2. The first-order valence-electron chi connectivity index (χ1n) is 8.47. The second-order valence-electron chi connectivity index (χ2n) is 6.18. The molecule has 1 aromatic heterocycles. The zero-order valence-corrected chi connectivity index (χ0v) is 14.9.